The molecule has 6 nitrogen and oxygen atoms in total. The van der Waals surface area contributed by atoms with E-state index in [4.69, 9.17) is 9.95 Å². The molecule has 0 spiro atoms. The third-order valence-corrected chi connectivity index (χ3v) is 1.43. The lowest BCUT2D eigenvalue weighted by Gasteiger charge is -1.90. The van der Waals surface area contributed by atoms with Gasteiger partial charge < -0.3 is 15.1 Å². The van der Waals surface area contributed by atoms with Gasteiger partial charge in [-0.15, -0.1) is 5.10 Å². The summed E-state index contributed by atoms with van der Waals surface area (Å²) in [4.78, 5) is 3.84. The summed E-state index contributed by atoms with van der Waals surface area (Å²) in [6, 6.07) is 3.27. The standard InChI is InChI=1S/C7H4N5O/c8-10-7-12-11-6(13-7)5-1-3-9-4-2-5/h1-4H/q-1. The Hall–Kier alpha value is -2.11. The van der Waals surface area contributed by atoms with Crippen LogP contribution >= 0.6 is 0 Å². The highest BCUT2D eigenvalue weighted by molar-refractivity contribution is 5.51. The van der Waals surface area contributed by atoms with Gasteiger partial charge in [0.25, 0.3) is 0 Å². The number of hydrogen-bond donors (Lipinski definition) is 0. The Morgan fingerprint density at radius 1 is 1.23 bits per heavy atom. The van der Waals surface area contributed by atoms with Crippen LogP contribution in [0.4, 0.5) is 6.01 Å². The van der Waals surface area contributed by atoms with Gasteiger partial charge in [0, 0.05) is 18.0 Å². The molecule has 0 bridgehead atoms. The summed E-state index contributed by atoms with van der Waals surface area (Å²) in [5, 5.41) is 9.88. The summed E-state index contributed by atoms with van der Waals surface area (Å²) in [6.45, 7) is 0. The van der Waals surface area contributed by atoms with E-state index in [2.05, 4.69) is 20.3 Å². The van der Waals surface area contributed by atoms with E-state index in [0.717, 1.165) is 5.56 Å². The zero-order chi connectivity index (χ0) is 9.10. The van der Waals surface area contributed by atoms with E-state index in [-0.39, 0.29) is 6.01 Å². The van der Waals surface area contributed by atoms with E-state index in [1.807, 2.05) is 0 Å². The number of hydrogen-bond acceptors (Lipinski definition) is 5. The summed E-state index contributed by atoms with van der Waals surface area (Å²) in [6.07, 6.45) is 3.21. The Kier molecular flexibility index (Phi) is 1.79. The molecule has 0 unspecified atom stereocenters. The number of pyridine rings is 1. The second kappa shape index (κ2) is 3.10. The van der Waals surface area contributed by atoms with Crippen molar-refractivity contribution in [2.75, 3.05) is 0 Å². The summed E-state index contributed by atoms with van der Waals surface area (Å²) < 4.78 is 4.95. The minimum Gasteiger partial charge on any atom is -0.702 e. The largest absolute Gasteiger partial charge is 0.702 e. The van der Waals surface area contributed by atoms with Crippen molar-refractivity contribution in [3.05, 3.63) is 30.1 Å². The van der Waals surface area contributed by atoms with Crippen molar-refractivity contribution in [2.24, 2.45) is 5.11 Å². The first-order valence-electron chi connectivity index (χ1n) is 3.49. The van der Waals surface area contributed by atoms with Crippen LogP contribution < -0.4 is 0 Å². The third-order valence-electron chi connectivity index (χ3n) is 1.43. The SMILES string of the molecule is [N-]=Nc1nnc(-c2ccncc2)o1. The Morgan fingerprint density at radius 2 is 2.00 bits per heavy atom. The van der Waals surface area contributed by atoms with Crippen molar-refractivity contribution < 1.29 is 4.42 Å². The molecule has 2 heterocycles. The maximum absolute atomic E-state index is 8.31. The van der Waals surface area contributed by atoms with Crippen LogP contribution in [-0.4, -0.2) is 15.2 Å². The van der Waals surface area contributed by atoms with Crippen LogP contribution in [0.3, 0.4) is 0 Å². The number of rotatable bonds is 2. The van der Waals surface area contributed by atoms with Crippen molar-refractivity contribution >= 4 is 6.01 Å². The van der Waals surface area contributed by atoms with Crippen LogP contribution in [0.5, 0.6) is 0 Å². The summed E-state index contributed by atoms with van der Waals surface area (Å²) in [5.41, 5.74) is 9.05. The maximum Gasteiger partial charge on any atom is 0.321 e. The molecule has 2 aromatic heterocycles. The van der Waals surface area contributed by atoms with Crippen molar-refractivity contribution in [3.63, 3.8) is 0 Å². The quantitative estimate of drug-likeness (QED) is 0.649. The number of aromatic nitrogens is 3. The molecule has 0 saturated carbocycles. The van der Waals surface area contributed by atoms with Gasteiger partial charge >= 0.3 is 6.01 Å². The first-order valence-corrected chi connectivity index (χ1v) is 3.49. The summed E-state index contributed by atoms with van der Waals surface area (Å²) in [5.74, 6) is 0.301. The molecule has 0 radical (unpaired) electrons. The van der Waals surface area contributed by atoms with Crippen LogP contribution in [0.25, 0.3) is 17.0 Å². The van der Waals surface area contributed by atoms with E-state index in [1.165, 1.54) is 0 Å². The predicted octanol–water partition coefficient (Wildman–Crippen LogP) is 1.78. The number of nitrogens with zero attached hydrogens (tertiary/aromatic N) is 5. The van der Waals surface area contributed by atoms with Gasteiger partial charge in [-0.3, -0.25) is 4.98 Å². The highest BCUT2D eigenvalue weighted by Gasteiger charge is 2.04. The average molecular weight is 174 g/mol. The Bertz CT molecular complexity index is 410. The molecule has 0 atom stereocenters. The molecule has 0 fully saturated rings. The zero-order valence-electron chi connectivity index (χ0n) is 6.45. The van der Waals surface area contributed by atoms with Crippen LogP contribution in [0.2, 0.25) is 0 Å². The molecular formula is C7H4N5O-. The van der Waals surface area contributed by atoms with E-state index < -0.39 is 0 Å². The van der Waals surface area contributed by atoms with Crippen molar-refractivity contribution in [2.45, 2.75) is 0 Å². The molecule has 2 rings (SSSR count). The van der Waals surface area contributed by atoms with Gasteiger partial charge in [-0.25, -0.2) is 0 Å². The molecule has 13 heavy (non-hydrogen) atoms. The maximum atomic E-state index is 8.31. The predicted molar refractivity (Wildman–Crippen MR) is 43.0 cm³/mol. The lowest BCUT2D eigenvalue weighted by molar-refractivity contribution is 0.578. The van der Waals surface area contributed by atoms with Gasteiger partial charge in [-0.05, 0) is 12.1 Å². The molecular weight excluding hydrogens is 170 g/mol. The van der Waals surface area contributed by atoms with Crippen LogP contribution in [-0.2, 0) is 0 Å². The molecule has 0 aliphatic heterocycles. The van der Waals surface area contributed by atoms with Crippen LogP contribution in [0.1, 0.15) is 0 Å². The van der Waals surface area contributed by atoms with E-state index in [1.54, 1.807) is 24.5 Å². The van der Waals surface area contributed by atoms with E-state index in [0.29, 0.717) is 5.89 Å². The van der Waals surface area contributed by atoms with E-state index in [9.17, 15) is 0 Å². The van der Waals surface area contributed by atoms with Gasteiger partial charge in [-0.2, -0.15) is 0 Å². The second-order valence-electron chi connectivity index (χ2n) is 2.23. The molecule has 0 aliphatic rings. The fraction of sp³-hybridized carbons (Fsp3) is 0. The Labute approximate surface area is 73.1 Å². The molecule has 0 amide bonds. The van der Waals surface area contributed by atoms with Gasteiger partial charge in [0.15, 0.2) is 0 Å². The topological polar surface area (TPSA) is 86.5 Å². The lowest BCUT2D eigenvalue weighted by Crippen LogP contribution is -1.77. The third kappa shape index (κ3) is 1.41. The first kappa shape index (κ1) is 7.53. The minimum absolute atomic E-state index is 0.160. The highest BCUT2D eigenvalue weighted by atomic mass is 16.4. The van der Waals surface area contributed by atoms with Crippen molar-refractivity contribution in [3.8, 4) is 11.5 Å². The monoisotopic (exact) mass is 174 g/mol. The molecule has 0 aliphatic carbocycles. The highest BCUT2D eigenvalue weighted by Crippen LogP contribution is 2.19. The van der Waals surface area contributed by atoms with Crippen molar-refractivity contribution in [1.82, 2.24) is 15.2 Å². The first-order chi connectivity index (χ1) is 6.40. The lowest BCUT2D eigenvalue weighted by atomic mass is 10.3. The Balaban J connectivity index is 2.41. The molecule has 0 N–H and O–H groups in total. The minimum atomic E-state index is -0.160. The molecule has 6 heteroatoms. The smallest absolute Gasteiger partial charge is 0.321 e. The Morgan fingerprint density at radius 3 is 2.62 bits per heavy atom. The fourth-order valence-electron chi connectivity index (χ4n) is 0.867. The average Bonchev–Trinajstić information content (AvgIpc) is 2.67. The molecule has 64 valence electrons. The van der Waals surface area contributed by atoms with Gasteiger partial charge in [-0.1, -0.05) is 5.10 Å². The summed E-state index contributed by atoms with van der Waals surface area (Å²) in [7, 11) is 0. The fourth-order valence-corrected chi connectivity index (χ4v) is 0.867. The van der Waals surface area contributed by atoms with Crippen molar-refractivity contribution in [1.29, 1.82) is 0 Å². The van der Waals surface area contributed by atoms with Crippen LogP contribution in [0.15, 0.2) is 34.1 Å². The normalized spacial score (nSPS) is 9.85. The van der Waals surface area contributed by atoms with E-state index >= 15 is 0 Å². The van der Waals surface area contributed by atoms with Gasteiger partial charge in [0.1, 0.15) is 0 Å². The molecule has 2 aromatic rings. The van der Waals surface area contributed by atoms with Crippen LogP contribution in [0, 0.1) is 0 Å². The van der Waals surface area contributed by atoms with Gasteiger partial charge in [0.05, 0.1) is 0 Å². The van der Waals surface area contributed by atoms with Gasteiger partial charge in [0.2, 0.25) is 5.89 Å². The second-order valence-corrected chi connectivity index (χ2v) is 2.23. The summed E-state index contributed by atoms with van der Waals surface area (Å²) >= 11 is 0. The molecule has 0 aromatic carbocycles. The molecule has 0 saturated heterocycles. The zero-order valence-corrected chi connectivity index (χ0v) is 6.45.